The van der Waals surface area contributed by atoms with Crippen molar-refractivity contribution in [3.63, 3.8) is 0 Å². The Hall–Kier alpha value is -0.835. The predicted molar refractivity (Wildman–Crippen MR) is 44.6 cm³/mol. The maximum absolute atomic E-state index is 11.2. The first-order valence-electron chi connectivity index (χ1n) is 3.95. The van der Waals surface area contributed by atoms with Gasteiger partial charge in [0, 0.05) is 26.1 Å². The number of carbonyl (C=O) groups is 2. The Morgan fingerprint density at radius 3 is 2.83 bits per heavy atom. The van der Waals surface area contributed by atoms with Crippen molar-refractivity contribution in [2.45, 2.75) is 6.42 Å². The summed E-state index contributed by atoms with van der Waals surface area (Å²) in [5.41, 5.74) is 0. The van der Waals surface area contributed by atoms with Crippen LogP contribution in [-0.4, -0.2) is 56.1 Å². The van der Waals surface area contributed by atoms with E-state index in [0.717, 1.165) is 6.29 Å². The van der Waals surface area contributed by atoms with Crippen molar-refractivity contribution in [2.75, 3.05) is 26.2 Å². The molecule has 0 aliphatic carbocycles. The summed E-state index contributed by atoms with van der Waals surface area (Å²) in [4.78, 5) is 24.4. The highest BCUT2D eigenvalue weighted by Crippen LogP contribution is 2.00. The monoisotopic (exact) mass is 166 g/mol. The smallest absolute Gasteiger partial charge is 0.235 e. The summed E-state index contributed by atoms with van der Waals surface area (Å²) in [5.74, 6) is 0.00519. The van der Waals surface area contributed by atoms with E-state index in [4.69, 9.17) is 7.98 Å². The molecule has 0 spiro atoms. The van der Waals surface area contributed by atoms with Crippen molar-refractivity contribution in [3.8, 4) is 0 Å². The fraction of sp³-hybridized carbons (Fsp3) is 0.714. The lowest BCUT2D eigenvalue weighted by Gasteiger charge is -2.32. The van der Waals surface area contributed by atoms with Gasteiger partial charge in [0.15, 0.2) is 7.98 Å². The highest BCUT2D eigenvalue weighted by atomic mass is 16.2. The number of nitrogens with zero attached hydrogens (tertiary/aromatic N) is 2. The zero-order chi connectivity index (χ0) is 8.97. The Balaban J connectivity index is 2.34. The molecule has 1 fully saturated rings. The molecule has 12 heavy (non-hydrogen) atoms. The summed E-state index contributed by atoms with van der Waals surface area (Å²) < 4.78 is 0. The highest BCUT2D eigenvalue weighted by Gasteiger charge is 2.19. The van der Waals surface area contributed by atoms with Crippen molar-refractivity contribution in [2.24, 2.45) is 0 Å². The minimum absolute atomic E-state index is 0.00519. The number of rotatable bonds is 3. The molecule has 0 unspecified atom stereocenters. The molecule has 0 bridgehead atoms. The molecule has 2 radical (unpaired) electrons. The average Bonchev–Trinajstić information content (AvgIpc) is 2.03. The Morgan fingerprint density at radius 1 is 1.50 bits per heavy atom. The van der Waals surface area contributed by atoms with Gasteiger partial charge in [-0.1, -0.05) is 0 Å². The third kappa shape index (κ3) is 2.34. The normalized spacial score (nSPS) is 19.7. The van der Waals surface area contributed by atoms with Crippen LogP contribution < -0.4 is 0 Å². The summed E-state index contributed by atoms with van der Waals surface area (Å²) in [5, 5.41) is 0. The number of amides is 1. The van der Waals surface area contributed by atoms with Gasteiger partial charge in [-0.2, -0.15) is 0 Å². The van der Waals surface area contributed by atoms with E-state index in [1.807, 2.05) is 0 Å². The lowest BCUT2D eigenvalue weighted by atomic mass is 10.2. The van der Waals surface area contributed by atoms with Gasteiger partial charge in [0.1, 0.15) is 6.29 Å². The lowest BCUT2D eigenvalue weighted by Crippen LogP contribution is -2.49. The van der Waals surface area contributed by atoms with E-state index >= 15 is 0 Å². The summed E-state index contributed by atoms with van der Waals surface area (Å²) in [6.45, 7) is 2.10. The third-order valence-electron chi connectivity index (χ3n) is 1.87. The molecule has 64 valence electrons. The molecule has 0 aromatic carbocycles. The minimum atomic E-state index is 0.00519. The molecular weight excluding hydrogens is 155 g/mol. The first kappa shape index (κ1) is 9.25. The molecule has 1 rings (SSSR count). The van der Waals surface area contributed by atoms with E-state index < -0.39 is 0 Å². The zero-order valence-corrected chi connectivity index (χ0v) is 6.90. The van der Waals surface area contributed by atoms with E-state index in [1.165, 1.54) is 4.81 Å². The molecule has 1 amide bonds. The molecule has 5 heteroatoms. The second kappa shape index (κ2) is 4.26. The van der Waals surface area contributed by atoms with Gasteiger partial charge in [-0.25, -0.2) is 0 Å². The van der Waals surface area contributed by atoms with Gasteiger partial charge in [0.25, 0.3) is 0 Å². The summed E-state index contributed by atoms with van der Waals surface area (Å²) in [7, 11) is 5.43. The third-order valence-corrected chi connectivity index (χ3v) is 1.87. The Bertz CT molecular complexity index is 186. The molecule has 1 saturated heterocycles. The summed E-state index contributed by atoms with van der Waals surface area (Å²) in [6, 6.07) is 0. The fourth-order valence-corrected chi connectivity index (χ4v) is 1.17. The second-order valence-electron chi connectivity index (χ2n) is 2.81. The van der Waals surface area contributed by atoms with Crippen LogP contribution in [0.4, 0.5) is 0 Å². The SMILES string of the molecule is [B]N1CCN(CCC=O)C(=O)C1. The van der Waals surface area contributed by atoms with E-state index in [1.54, 1.807) is 4.90 Å². The maximum atomic E-state index is 11.2. The van der Waals surface area contributed by atoms with Crippen LogP contribution in [-0.2, 0) is 9.59 Å². The molecule has 1 aliphatic rings. The number of hydrogen-bond acceptors (Lipinski definition) is 3. The van der Waals surface area contributed by atoms with E-state index in [9.17, 15) is 9.59 Å². The van der Waals surface area contributed by atoms with Gasteiger partial charge in [0.05, 0.1) is 6.54 Å². The highest BCUT2D eigenvalue weighted by molar-refractivity contribution is 6.06. The standard InChI is InChI=1S/C7H11BN2O2/c8-10-4-3-9(2-1-5-11)7(12)6-10/h5H,1-4,6H2. The van der Waals surface area contributed by atoms with Crippen LogP contribution in [0.25, 0.3) is 0 Å². The number of carbonyl (C=O) groups excluding carboxylic acids is 2. The molecule has 1 heterocycles. The van der Waals surface area contributed by atoms with E-state index in [-0.39, 0.29) is 12.5 Å². The second-order valence-corrected chi connectivity index (χ2v) is 2.81. The molecule has 0 aromatic heterocycles. The fourth-order valence-electron chi connectivity index (χ4n) is 1.17. The quantitative estimate of drug-likeness (QED) is 0.390. The molecule has 0 N–H and O–H groups in total. The summed E-state index contributed by atoms with van der Waals surface area (Å²) in [6.07, 6.45) is 1.23. The maximum Gasteiger partial charge on any atom is 0.235 e. The number of piperazine rings is 1. The molecule has 1 aliphatic heterocycles. The number of aldehydes is 1. The predicted octanol–water partition coefficient (Wildman–Crippen LogP) is -1.20. The van der Waals surface area contributed by atoms with Crippen LogP contribution in [0.2, 0.25) is 0 Å². The van der Waals surface area contributed by atoms with Gasteiger partial charge in [0.2, 0.25) is 5.91 Å². The molecule has 0 aromatic rings. The van der Waals surface area contributed by atoms with Crippen molar-refractivity contribution >= 4 is 20.2 Å². The van der Waals surface area contributed by atoms with Crippen molar-refractivity contribution in [3.05, 3.63) is 0 Å². The van der Waals surface area contributed by atoms with Crippen molar-refractivity contribution < 1.29 is 9.59 Å². The molecule has 0 atom stereocenters. The van der Waals surface area contributed by atoms with Crippen LogP contribution in [0.3, 0.4) is 0 Å². The van der Waals surface area contributed by atoms with Crippen LogP contribution >= 0.6 is 0 Å². The molecular formula is C7H11BN2O2. The van der Waals surface area contributed by atoms with Gasteiger partial charge in [-0.3, -0.25) is 4.79 Å². The zero-order valence-electron chi connectivity index (χ0n) is 6.90. The van der Waals surface area contributed by atoms with Gasteiger partial charge in [-0.15, -0.1) is 0 Å². The first-order chi connectivity index (χ1) is 5.74. The first-order valence-corrected chi connectivity index (χ1v) is 3.95. The Kier molecular flexibility index (Phi) is 3.28. The van der Waals surface area contributed by atoms with Crippen LogP contribution in [0, 0.1) is 0 Å². The van der Waals surface area contributed by atoms with E-state index in [2.05, 4.69) is 0 Å². The molecule has 4 nitrogen and oxygen atoms in total. The summed E-state index contributed by atoms with van der Waals surface area (Å²) >= 11 is 0. The minimum Gasteiger partial charge on any atom is -0.344 e. The van der Waals surface area contributed by atoms with Gasteiger partial charge in [-0.05, 0) is 0 Å². The van der Waals surface area contributed by atoms with Gasteiger partial charge < -0.3 is 14.5 Å². The largest absolute Gasteiger partial charge is 0.344 e. The van der Waals surface area contributed by atoms with Crippen molar-refractivity contribution in [1.29, 1.82) is 0 Å². The topological polar surface area (TPSA) is 40.6 Å². The van der Waals surface area contributed by atoms with Crippen molar-refractivity contribution in [1.82, 2.24) is 9.71 Å². The number of hydrogen-bond donors (Lipinski definition) is 0. The van der Waals surface area contributed by atoms with E-state index in [0.29, 0.717) is 26.1 Å². The van der Waals surface area contributed by atoms with Crippen LogP contribution in [0.1, 0.15) is 6.42 Å². The lowest BCUT2D eigenvalue weighted by molar-refractivity contribution is -0.134. The Labute approximate surface area is 72.9 Å². The molecule has 0 saturated carbocycles. The van der Waals surface area contributed by atoms with Crippen LogP contribution in [0.15, 0.2) is 0 Å². The van der Waals surface area contributed by atoms with Gasteiger partial charge >= 0.3 is 0 Å². The Morgan fingerprint density at radius 2 is 2.25 bits per heavy atom. The van der Waals surface area contributed by atoms with Crippen LogP contribution in [0.5, 0.6) is 0 Å². The average molecular weight is 166 g/mol.